The van der Waals surface area contributed by atoms with Gasteiger partial charge in [-0.25, -0.2) is 0 Å². The number of hydrogen-bond acceptors (Lipinski definition) is 3. The summed E-state index contributed by atoms with van der Waals surface area (Å²) >= 11 is 0. The van der Waals surface area contributed by atoms with Crippen LogP contribution in [-0.2, 0) is 4.79 Å². The second-order valence-electron chi connectivity index (χ2n) is 8.90. The van der Waals surface area contributed by atoms with Gasteiger partial charge in [0.05, 0.1) is 0 Å². The Hall–Kier alpha value is -1.55. The summed E-state index contributed by atoms with van der Waals surface area (Å²) < 4.78 is 0. The van der Waals surface area contributed by atoms with E-state index in [9.17, 15) is 4.79 Å². The molecule has 3 heterocycles. The van der Waals surface area contributed by atoms with Crippen LogP contribution < -0.4 is 4.90 Å². The van der Waals surface area contributed by atoms with Gasteiger partial charge in [-0.1, -0.05) is 12.1 Å². The molecule has 0 atom stereocenters. The van der Waals surface area contributed by atoms with Crippen molar-refractivity contribution in [2.75, 3.05) is 44.7 Å². The Morgan fingerprint density at radius 1 is 1.04 bits per heavy atom. The summed E-state index contributed by atoms with van der Waals surface area (Å²) in [6.45, 7) is 10.1. The minimum Gasteiger partial charge on any atom is -0.371 e. The highest BCUT2D eigenvalue weighted by Crippen LogP contribution is 2.41. The van der Waals surface area contributed by atoms with Crippen molar-refractivity contribution in [2.45, 2.75) is 52.0 Å². The van der Waals surface area contributed by atoms with E-state index < -0.39 is 0 Å². The SMILES string of the molecule is Cc1cccc(N2CCC(N3CCC4(CC3)CC(=O)N(C)C4)CC2)c1C. The summed E-state index contributed by atoms with van der Waals surface area (Å²) in [6.07, 6.45) is 5.70. The molecular weight excluding hydrogens is 322 g/mol. The lowest BCUT2D eigenvalue weighted by atomic mass is 9.77. The van der Waals surface area contributed by atoms with Crippen LogP contribution in [0.15, 0.2) is 18.2 Å². The Kier molecular flexibility index (Phi) is 4.72. The topological polar surface area (TPSA) is 26.8 Å². The summed E-state index contributed by atoms with van der Waals surface area (Å²) in [6, 6.07) is 7.40. The fraction of sp³-hybridized carbons (Fsp3) is 0.682. The van der Waals surface area contributed by atoms with Crippen LogP contribution in [0.3, 0.4) is 0 Å². The van der Waals surface area contributed by atoms with Gasteiger partial charge >= 0.3 is 0 Å². The molecule has 0 N–H and O–H groups in total. The summed E-state index contributed by atoms with van der Waals surface area (Å²) in [5.74, 6) is 0.347. The predicted octanol–water partition coefficient (Wildman–Crippen LogP) is 3.22. The molecule has 3 saturated heterocycles. The summed E-state index contributed by atoms with van der Waals surface area (Å²) in [4.78, 5) is 19.2. The van der Waals surface area contributed by atoms with E-state index in [-0.39, 0.29) is 5.41 Å². The minimum absolute atomic E-state index is 0.279. The molecule has 4 nitrogen and oxygen atoms in total. The zero-order valence-electron chi connectivity index (χ0n) is 16.6. The number of hydrogen-bond donors (Lipinski definition) is 0. The van der Waals surface area contributed by atoms with Crippen LogP contribution in [0.2, 0.25) is 0 Å². The lowest BCUT2D eigenvalue weighted by Crippen LogP contribution is -2.50. The number of piperidine rings is 2. The lowest BCUT2D eigenvalue weighted by Gasteiger charge is -2.45. The van der Waals surface area contributed by atoms with Crippen molar-refractivity contribution in [3.05, 3.63) is 29.3 Å². The van der Waals surface area contributed by atoms with Gasteiger partial charge < -0.3 is 14.7 Å². The van der Waals surface area contributed by atoms with Crippen LogP contribution >= 0.6 is 0 Å². The number of rotatable bonds is 2. The molecule has 142 valence electrons. The van der Waals surface area contributed by atoms with Gasteiger partial charge in [0.25, 0.3) is 0 Å². The Labute approximate surface area is 158 Å². The van der Waals surface area contributed by atoms with E-state index in [4.69, 9.17) is 0 Å². The summed E-state index contributed by atoms with van der Waals surface area (Å²) in [5.41, 5.74) is 4.53. The summed E-state index contributed by atoms with van der Waals surface area (Å²) in [5, 5.41) is 0. The van der Waals surface area contributed by atoms with Crippen LogP contribution in [0.1, 0.15) is 43.2 Å². The fourth-order valence-electron chi connectivity index (χ4n) is 5.35. The van der Waals surface area contributed by atoms with Gasteiger partial charge in [-0.2, -0.15) is 0 Å². The van der Waals surface area contributed by atoms with E-state index in [2.05, 4.69) is 41.8 Å². The van der Waals surface area contributed by atoms with Gasteiger partial charge in [0.2, 0.25) is 5.91 Å². The highest BCUT2D eigenvalue weighted by molar-refractivity contribution is 5.79. The van der Waals surface area contributed by atoms with Crippen LogP contribution in [-0.4, -0.2) is 61.5 Å². The molecule has 1 aromatic carbocycles. The van der Waals surface area contributed by atoms with Crippen LogP contribution in [0, 0.1) is 19.3 Å². The maximum atomic E-state index is 12.0. The van der Waals surface area contributed by atoms with Crippen molar-refractivity contribution >= 4 is 11.6 Å². The molecule has 0 aromatic heterocycles. The predicted molar refractivity (Wildman–Crippen MR) is 107 cm³/mol. The number of carbonyl (C=O) groups is 1. The molecule has 4 rings (SSSR count). The molecule has 0 saturated carbocycles. The number of nitrogens with zero attached hydrogens (tertiary/aromatic N) is 3. The molecule has 0 aliphatic carbocycles. The molecular formula is C22H33N3O. The molecule has 1 aromatic rings. The Bertz CT molecular complexity index is 670. The molecule has 0 bridgehead atoms. The number of aryl methyl sites for hydroxylation is 1. The number of benzene rings is 1. The third-order valence-electron chi connectivity index (χ3n) is 7.28. The third-order valence-corrected chi connectivity index (χ3v) is 7.28. The second-order valence-corrected chi connectivity index (χ2v) is 8.90. The largest absolute Gasteiger partial charge is 0.371 e. The molecule has 3 fully saturated rings. The molecule has 1 spiro atoms. The van der Waals surface area contributed by atoms with Gasteiger partial charge in [0, 0.05) is 44.8 Å². The highest BCUT2D eigenvalue weighted by Gasteiger charge is 2.44. The first-order valence-corrected chi connectivity index (χ1v) is 10.3. The third kappa shape index (κ3) is 3.24. The average Bonchev–Trinajstić information content (AvgIpc) is 2.92. The Morgan fingerprint density at radius 3 is 2.35 bits per heavy atom. The summed E-state index contributed by atoms with van der Waals surface area (Å²) in [7, 11) is 1.96. The minimum atomic E-state index is 0.279. The molecule has 1 amide bonds. The molecule has 0 radical (unpaired) electrons. The molecule has 0 unspecified atom stereocenters. The van der Waals surface area contributed by atoms with Crippen molar-refractivity contribution in [1.29, 1.82) is 0 Å². The smallest absolute Gasteiger partial charge is 0.222 e. The van der Waals surface area contributed by atoms with Crippen LogP contribution in [0.25, 0.3) is 0 Å². The van der Waals surface area contributed by atoms with Crippen molar-refractivity contribution in [1.82, 2.24) is 9.80 Å². The first-order valence-electron chi connectivity index (χ1n) is 10.3. The van der Waals surface area contributed by atoms with Gasteiger partial charge in [-0.15, -0.1) is 0 Å². The van der Waals surface area contributed by atoms with E-state index >= 15 is 0 Å². The van der Waals surface area contributed by atoms with Crippen molar-refractivity contribution < 1.29 is 4.79 Å². The monoisotopic (exact) mass is 355 g/mol. The molecule has 3 aliphatic heterocycles. The fourth-order valence-corrected chi connectivity index (χ4v) is 5.35. The van der Waals surface area contributed by atoms with Crippen molar-refractivity contribution in [3.8, 4) is 0 Å². The van der Waals surface area contributed by atoms with E-state index in [1.54, 1.807) is 0 Å². The normalized spacial score (nSPS) is 24.7. The first kappa shape index (κ1) is 17.8. The van der Waals surface area contributed by atoms with Crippen LogP contribution in [0.5, 0.6) is 0 Å². The molecule has 3 aliphatic rings. The lowest BCUT2D eigenvalue weighted by molar-refractivity contribution is -0.126. The number of likely N-dealkylation sites (tertiary alicyclic amines) is 2. The van der Waals surface area contributed by atoms with Gasteiger partial charge in [0.15, 0.2) is 0 Å². The van der Waals surface area contributed by atoms with E-state index in [1.807, 2.05) is 11.9 Å². The van der Waals surface area contributed by atoms with Gasteiger partial charge in [-0.3, -0.25) is 4.79 Å². The quantitative estimate of drug-likeness (QED) is 0.815. The van der Waals surface area contributed by atoms with E-state index in [0.29, 0.717) is 5.91 Å². The highest BCUT2D eigenvalue weighted by atomic mass is 16.2. The number of carbonyl (C=O) groups excluding carboxylic acids is 1. The Balaban J connectivity index is 1.32. The van der Waals surface area contributed by atoms with Crippen LogP contribution in [0.4, 0.5) is 5.69 Å². The maximum Gasteiger partial charge on any atom is 0.222 e. The molecule has 4 heteroatoms. The van der Waals surface area contributed by atoms with Crippen molar-refractivity contribution in [3.63, 3.8) is 0 Å². The first-order chi connectivity index (χ1) is 12.5. The van der Waals surface area contributed by atoms with Gasteiger partial charge in [0.1, 0.15) is 0 Å². The number of amides is 1. The van der Waals surface area contributed by atoms with Crippen molar-refractivity contribution in [2.24, 2.45) is 5.41 Å². The Morgan fingerprint density at radius 2 is 1.73 bits per heavy atom. The second kappa shape index (κ2) is 6.88. The zero-order chi connectivity index (χ0) is 18.3. The molecule has 26 heavy (non-hydrogen) atoms. The van der Waals surface area contributed by atoms with E-state index in [1.165, 1.54) is 55.6 Å². The number of anilines is 1. The van der Waals surface area contributed by atoms with Gasteiger partial charge in [-0.05, 0) is 75.2 Å². The standard InChI is InChI=1S/C22H33N3O/c1-17-5-4-6-20(18(17)2)25-11-7-19(8-12-25)24-13-9-22(10-14-24)15-21(26)23(3)16-22/h4-6,19H,7-16H2,1-3H3. The maximum absolute atomic E-state index is 12.0. The zero-order valence-corrected chi connectivity index (χ0v) is 16.6. The van der Waals surface area contributed by atoms with E-state index in [0.717, 1.165) is 32.1 Å². The average molecular weight is 356 g/mol.